The van der Waals surface area contributed by atoms with Gasteiger partial charge in [-0.3, -0.25) is 4.79 Å². The normalized spacial score (nSPS) is 23.6. The van der Waals surface area contributed by atoms with E-state index in [9.17, 15) is 4.79 Å². The zero-order valence-corrected chi connectivity index (χ0v) is 9.44. The Morgan fingerprint density at radius 1 is 1.25 bits per heavy atom. The van der Waals surface area contributed by atoms with E-state index in [1.807, 2.05) is 6.08 Å². The Morgan fingerprint density at radius 3 is 2.81 bits per heavy atom. The summed E-state index contributed by atoms with van der Waals surface area (Å²) >= 11 is 0. The zero-order chi connectivity index (χ0) is 11.1. The van der Waals surface area contributed by atoms with Gasteiger partial charge in [0.2, 0.25) is 0 Å². The third-order valence-corrected chi connectivity index (χ3v) is 3.47. The third kappa shape index (κ3) is 1.37. The van der Waals surface area contributed by atoms with Crippen molar-refractivity contribution in [3.8, 4) is 0 Å². The Labute approximate surface area is 95.6 Å². The Morgan fingerprint density at radius 2 is 2.06 bits per heavy atom. The van der Waals surface area contributed by atoms with Gasteiger partial charge in [-0.05, 0) is 31.4 Å². The molecule has 0 saturated carbocycles. The van der Waals surface area contributed by atoms with E-state index in [4.69, 9.17) is 0 Å². The highest BCUT2D eigenvalue weighted by Gasteiger charge is 2.30. The first-order valence-corrected chi connectivity index (χ1v) is 5.86. The van der Waals surface area contributed by atoms with Crippen molar-refractivity contribution in [2.45, 2.75) is 32.2 Å². The largest absolute Gasteiger partial charge is 0.342 e. The molecule has 0 bridgehead atoms. The van der Waals surface area contributed by atoms with Gasteiger partial charge in [0.1, 0.15) is 0 Å². The number of ketones is 1. The number of rotatable bonds is 1. The lowest BCUT2D eigenvalue weighted by atomic mass is 10.1. The number of fused-ring (bicyclic) bond motifs is 1. The van der Waals surface area contributed by atoms with Gasteiger partial charge in [0.15, 0.2) is 5.78 Å². The minimum atomic E-state index is 0.270. The van der Waals surface area contributed by atoms with E-state index < -0.39 is 0 Å². The summed E-state index contributed by atoms with van der Waals surface area (Å²) in [6, 6.07) is 8.98. The van der Waals surface area contributed by atoms with E-state index in [2.05, 4.69) is 36.1 Å². The number of benzene rings is 1. The van der Waals surface area contributed by atoms with Crippen LogP contribution in [0.3, 0.4) is 0 Å². The Kier molecular flexibility index (Phi) is 2.10. The molecule has 1 aliphatic heterocycles. The number of carbonyl (C=O) groups is 1. The SMILES string of the molecule is CC1Cc2ccccc2N1C1=CC(=O)CC1. The molecule has 3 rings (SSSR count). The summed E-state index contributed by atoms with van der Waals surface area (Å²) in [4.78, 5) is 13.7. The highest BCUT2D eigenvalue weighted by molar-refractivity contribution is 5.94. The highest BCUT2D eigenvalue weighted by atomic mass is 16.1. The summed E-state index contributed by atoms with van der Waals surface area (Å²) in [6.45, 7) is 2.23. The molecule has 1 aromatic rings. The molecule has 1 atom stereocenters. The summed E-state index contributed by atoms with van der Waals surface area (Å²) in [7, 11) is 0. The van der Waals surface area contributed by atoms with E-state index in [0.717, 1.165) is 12.8 Å². The predicted molar refractivity (Wildman–Crippen MR) is 64.4 cm³/mol. The van der Waals surface area contributed by atoms with Crippen LogP contribution in [-0.2, 0) is 11.2 Å². The van der Waals surface area contributed by atoms with Crippen LogP contribution in [0.15, 0.2) is 36.0 Å². The molecule has 0 fully saturated rings. The highest BCUT2D eigenvalue weighted by Crippen LogP contribution is 2.37. The Bertz CT molecular complexity index is 475. The molecule has 0 spiro atoms. The van der Waals surface area contributed by atoms with Crippen LogP contribution in [0.4, 0.5) is 5.69 Å². The number of hydrogen-bond donors (Lipinski definition) is 0. The molecule has 0 radical (unpaired) electrons. The molecule has 1 aliphatic carbocycles. The van der Waals surface area contributed by atoms with Crippen LogP contribution in [0, 0.1) is 0 Å². The molecule has 2 heteroatoms. The Balaban J connectivity index is 2.02. The molecular formula is C14H15NO. The maximum Gasteiger partial charge on any atom is 0.157 e. The van der Waals surface area contributed by atoms with Crippen molar-refractivity contribution in [2.24, 2.45) is 0 Å². The lowest BCUT2D eigenvalue weighted by Crippen LogP contribution is -2.27. The number of para-hydroxylation sites is 1. The molecule has 16 heavy (non-hydrogen) atoms. The second-order valence-electron chi connectivity index (χ2n) is 4.65. The minimum absolute atomic E-state index is 0.270. The standard InChI is InChI=1S/C14H15NO/c1-10-8-11-4-2-3-5-14(11)15(10)12-6-7-13(16)9-12/h2-5,9-10H,6-8H2,1H3. The van der Waals surface area contributed by atoms with Gasteiger partial charge >= 0.3 is 0 Å². The van der Waals surface area contributed by atoms with E-state index in [1.165, 1.54) is 16.9 Å². The van der Waals surface area contributed by atoms with Crippen LogP contribution in [0.5, 0.6) is 0 Å². The van der Waals surface area contributed by atoms with Crippen molar-refractivity contribution in [3.05, 3.63) is 41.6 Å². The first kappa shape index (κ1) is 9.64. The first-order chi connectivity index (χ1) is 7.75. The van der Waals surface area contributed by atoms with Crippen molar-refractivity contribution in [1.82, 2.24) is 0 Å². The fourth-order valence-electron chi connectivity index (χ4n) is 2.77. The second-order valence-corrected chi connectivity index (χ2v) is 4.65. The molecule has 2 aliphatic rings. The fraction of sp³-hybridized carbons (Fsp3) is 0.357. The Hall–Kier alpha value is -1.57. The molecule has 2 nitrogen and oxygen atoms in total. The van der Waals surface area contributed by atoms with Gasteiger partial charge < -0.3 is 4.90 Å². The van der Waals surface area contributed by atoms with Crippen LogP contribution in [0.2, 0.25) is 0 Å². The second kappa shape index (κ2) is 3.48. The molecule has 0 saturated heterocycles. The van der Waals surface area contributed by atoms with Gasteiger partial charge in [0.05, 0.1) is 0 Å². The number of carbonyl (C=O) groups excluding carboxylic acids is 1. The van der Waals surface area contributed by atoms with Crippen molar-refractivity contribution in [3.63, 3.8) is 0 Å². The lowest BCUT2D eigenvalue weighted by Gasteiger charge is -2.25. The van der Waals surface area contributed by atoms with Crippen LogP contribution in [-0.4, -0.2) is 11.8 Å². The summed E-state index contributed by atoms with van der Waals surface area (Å²) in [5, 5.41) is 0. The van der Waals surface area contributed by atoms with E-state index in [-0.39, 0.29) is 5.78 Å². The predicted octanol–water partition coefficient (Wildman–Crippen LogP) is 2.68. The van der Waals surface area contributed by atoms with Crippen LogP contribution < -0.4 is 4.90 Å². The van der Waals surface area contributed by atoms with Crippen molar-refractivity contribution in [1.29, 1.82) is 0 Å². The number of nitrogens with zero attached hydrogens (tertiary/aromatic N) is 1. The molecule has 0 aromatic heterocycles. The van der Waals surface area contributed by atoms with E-state index >= 15 is 0 Å². The number of allylic oxidation sites excluding steroid dienone is 2. The van der Waals surface area contributed by atoms with Gasteiger partial charge in [-0.15, -0.1) is 0 Å². The average Bonchev–Trinajstić information content (AvgIpc) is 2.80. The number of anilines is 1. The fourth-order valence-corrected chi connectivity index (χ4v) is 2.77. The molecule has 1 unspecified atom stereocenters. The monoisotopic (exact) mass is 213 g/mol. The third-order valence-electron chi connectivity index (χ3n) is 3.47. The van der Waals surface area contributed by atoms with Gasteiger partial charge in [0, 0.05) is 29.9 Å². The van der Waals surface area contributed by atoms with Gasteiger partial charge in [-0.1, -0.05) is 18.2 Å². The molecular weight excluding hydrogens is 198 g/mol. The van der Waals surface area contributed by atoms with Crippen molar-refractivity contribution < 1.29 is 4.79 Å². The topological polar surface area (TPSA) is 20.3 Å². The molecule has 1 aromatic carbocycles. The minimum Gasteiger partial charge on any atom is -0.342 e. The molecule has 0 amide bonds. The quantitative estimate of drug-likeness (QED) is 0.715. The van der Waals surface area contributed by atoms with Crippen molar-refractivity contribution >= 4 is 11.5 Å². The molecule has 82 valence electrons. The first-order valence-electron chi connectivity index (χ1n) is 5.86. The molecule has 0 N–H and O–H groups in total. The van der Waals surface area contributed by atoms with Crippen LogP contribution in [0.1, 0.15) is 25.3 Å². The van der Waals surface area contributed by atoms with E-state index in [0.29, 0.717) is 12.5 Å². The van der Waals surface area contributed by atoms with Crippen LogP contribution >= 0.6 is 0 Å². The smallest absolute Gasteiger partial charge is 0.157 e. The summed E-state index contributed by atoms with van der Waals surface area (Å²) < 4.78 is 0. The summed E-state index contributed by atoms with van der Waals surface area (Å²) in [5.74, 6) is 0.270. The van der Waals surface area contributed by atoms with Gasteiger partial charge in [-0.2, -0.15) is 0 Å². The van der Waals surface area contributed by atoms with Gasteiger partial charge in [-0.25, -0.2) is 0 Å². The van der Waals surface area contributed by atoms with E-state index in [1.54, 1.807) is 0 Å². The maximum atomic E-state index is 11.3. The summed E-state index contributed by atoms with van der Waals surface area (Å²) in [6.07, 6.45) is 4.48. The lowest BCUT2D eigenvalue weighted by molar-refractivity contribution is -0.114. The summed E-state index contributed by atoms with van der Waals surface area (Å²) in [5.41, 5.74) is 3.88. The van der Waals surface area contributed by atoms with Crippen LogP contribution in [0.25, 0.3) is 0 Å². The zero-order valence-electron chi connectivity index (χ0n) is 9.44. The number of hydrogen-bond acceptors (Lipinski definition) is 2. The maximum absolute atomic E-state index is 11.3. The molecule has 1 heterocycles. The van der Waals surface area contributed by atoms with Gasteiger partial charge in [0.25, 0.3) is 0 Å². The van der Waals surface area contributed by atoms with Crippen molar-refractivity contribution in [2.75, 3.05) is 4.90 Å². The average molecular weight is 213 g/mol.